The largest absolute Gasteiger partial charge is 0.455 e. The molecule has 27 heavy (non-hydrogen) atoms. The molecule has 2 aromatic carbocycles. The van der Waals surface area contributed by atoms with Crippen molar-refractivity contribution in [1.29, 1.82) is 0 Å². The molecule has 0 aromatic heterocycles. The Kier molecular flexibility index (Phi) is 6.85. The summed E-state index contributed by atoms with van der Waals surface area (Å²) in [6, 6.07) is 11.5. The Bertz CT molecular complexity index is 810. The molecule has 1 amide bonds. The smallest absolute Gasteiger partial charge is 0.416 e. The number of esters is 1. The highest BCUT2D eigenvalue weighted by Gasteiger charge is 2.31. The van der Waals surface area contributed by atoms with E-state index in [1.54, 1.807) is 31.2 Å². The first-order chi connectivity index (χ1) is 12.7. The highest BCUT2D eigenvalue weighted by molar-refractivity contribution is 6.33. The minimum absolute atomic E-state index is 0.0570. The number of anilines is 1. The number of ether oxygens (including phenoxy) is 1. The maximum atomic E-state index is 12.8. The number of nitrogens with one attached hydrogen (secondary N) is 1. The lowest BCUT2D eigenvalue weighted by molar-refractivity contribution is -0.149. The lowest BCUT2D eigenvalue weighted by Crippen LogP contribution is -2.24. The summed E-state index contributed by atoms with van der Waals surface area (Å²) < 4.78 is 43.3. The Labute approximate surface area is 159 Å². The third kappa shape index (κ3) is 5.72. The predicted molar refractivity (Wildman–Crippen MR) is 95.5 cm³/mol. The standard InChI is InChI=1S/C19H17ClF3NO3/c1-2-14(12-6-4-3-5-7-12)18(26)27-11-17(25)24-16-10-13(19(21,22)23)8-9-15(16)20/h3-10,14H,2,11H2,1H3,(H,24,25)/t14-/m1/s1. The summed E-state index contributed by atoms with van der Waals surface area (Å²) in [6.45, 7) is 1.18. The fourth-order valence-electron chi connectivity index (χ4n) is 2.44. The van der Waals surface area contributed by atoms with Crippen LogP contribution in [-0.2, 0) is 20.5 Å². The van der Waals surface area contributed by atoms with Gasteiger partial charge in [0.15, 0.2) is 6.61 Å². The second kappa shape index (κ2) is 8.90. The van der Waals surface area contributed by atoms with Gasteiger partial charge in [-0.05, 0) is 30.2 Å². The second-order valence-corrected chi connectivity index (χ2v) is 6.13. The minimum atomic E-state index is -4.57. The van der Waals surface area contributed by atoms with E-state index in [1.807, 2.05) is 6.07 Å². The fraction of sp³-hybridized carbons (Fsp3) is 0.263. The van der Waals surface area contributed by atoms with E-state index in [9.17, 15) is 22.8 Å². The van der Waals surface area contributed by atoms with Crippen LogP contribution in [0.1, 0.15) is 30.4 Å². The SMILES string of the molecule is CC[C@@H](C(=O)OCC(=O)Nc1cc(C(F)(F)F)ccc1Cl)c1ccccc1. The number of alkyl halides is 3. The lowest BCUT2D eigenvalue weighted by atomic mass is 9.97. The number of rotatable bonds is 6. The molecule has 2 rings (SSSR count). The fourth-order valence-corrected chi connectivity index (χ4v) is 2.61. The van der Waals surface area contributed by atoms with Crippen LogP contribution in [0.3, 0.4) is 0 Å². The summed E-state index contributed by atoms with van der Waals surface area (Å²) in [5.74, 6) is -1.90. The molecule has 4 nitrogen and oxygen atoms in total. The Balaban J connectivity index is 1.99. The average molecular weight is 400 g/mol. The molecule has 8 heteroatoms. The van der Waals surface area contributed by atoms with Crippen molar-refractivity contribution < 1.29 is 27.5 Å². The lowest BCUT2D eigenvalue weighted by Gasteiger charge is -2.15. The number of benzene rings is 2. The highest BCUT2D eigenvalue weighted by Crippen LogP contribution is 2.33. The van der Waals surface area contributed by atoms with Crippen molar-refractivity contribution in [3.8, 4) is 0 Å². The molecule has 0 bridgehead atoms. The first-order valence-electron chi connectivity index (χ1n) is 8.10. The summed E-state index contributed by atoms with van der Waals surface area (Å²) in [5, 5.41) is 2.17. The first-order valence-corrected chi connectivity index (χ1v) is 8.48. The molecule has 0 spiro atoms. The van der Waals surface area contributed by atoms with E-state index in [0.717, 1.165) is 23.8 Å². The van der Waals surface area contributed by atoms with E-state index in [-0.39, 0.29) is 10.7 Å². The van der Waals surface area contributed by atoms with Crippen LogP contribution in [-0.4, -0.2) is 18.5 Å². The topological polar surface area (TPSA) is 55.4 Å². The number of carbonyl (C=O) groups is 2. The van der Waals surface area contributed by atoms with Crippen LogP contribution in [0.2, 0.25) is 5.02 Å². The van der Waals surface area contributed by atoms with E-state index in [2.05, 4.69) is 5.32 Å². The van der Waals surface area contributed by atoms with Crippen molar-refractivity contribution >= 4 is 29.2 Å². The van der Waals surface area contributed by atoms with E-state index in [4.69, 9.17) is 16.3 Å². The molecule has 0 fully saturated rings. The van der Waals surface area contributed by atoms with E-state index >= 15 is 0 Å². The highest BCUT2D eigenvalue weighted by atomic mass is 35.5. The molecule has 0 saturated carbocycles. The number of halogens is 4. The molecule has 0 saturated heterocycles. The Morgan fingerprint density at radius 1 is 1.15 bits per heavy atom. The van der Waals surface area contributed by atoms with Crippen molar-refractivity contribution in [1.82, 2.24) is 0 Å². The van der Waals surface area contributed by atoms with E-state index < -0.39 is 36.1 Å². The van der Waals surface area contributed by atoms with Crippen LogP contribution in [0, 0.1) is 0 Å². The summed E-state index contributed by atoms with van der Waals surface area (Å²) in [5.41, 5.74) is -0.400. The van der Waals surface area contributed by atoms with Gasteiger partial charge < -0.3 is 10.1 Å². The van der Waals surface area contributed by atoms with Crippen LogP contribution in [0.4, 0.5) is 18.9 Å². The molecule has 0 unspecified atom stereocenters. The van der Waals surface area contributed by atoms with E-state index in [1.165, 1.54) is 0 Å². The Hall–Kier alpha value is -2.54. The van der Waals surface area contributed by atoms with Gasteiger partial charge in [0.05, 0.1) is 22.2 Å². The van der Waals surface area contributed by atoms with Crippen LogP contribution in [0.5, 0.6) is 0 Å². The third-order valence-electron chi connectivity index (χ3n) is 3.81. The predicted octanol–water partition coefficient (Wildman–Crippen LogP) is 5.03. The van der Waals surface area contributed by atoms with Gasteiger partial charge in [0.25, 0.3) is 5.91 Å². The number of carbonyl (C=O) groups excluding carboxylic acids is 2. The summed E-state index contributed by atoms with van der Waals surface area (Å²) in [4.78, 5) is 24.2. The quantitative estimate of drug-likeness (QED) is 0.693. The maximum Gasteiger partial charge on any atom is 0.416 e. The Morgan fingerprint density at radius 2 is 1.81 bits per heavy atom. The molecule has 144 valence electrons. The zero-order valence-electron chi connectivity index (χ0n) is 14.3. The molecular formula is C19H17ClF3NO3. The molecule has 0 aliphatic carbocycles. The summed E-state index contributed by atoms with van der Waals surface area (Å²) in [7, 11) is 0. The first kappa shape index (κ1) is 20.8. The van der Waals surface area contributed by atoms with Crippen molar-refractivity contribution in [3.63, 3.8) is 0 Å². The molecule has 2 aromatic rings. The second-order valence-electron chi connectivity index (χ2n) is 5.72. The van der Waals surface area contributed by atoms with Gasteiger partial charge >= 0.3 is 12.1 Å². The number of hydrogen-bond donors (Lipinski definition) is 1. The maximum absolute atomic E-state index is 12.8. The van der Waals surface area contributed by atoms with Gasteiger partial charge in [0.2, 0.25) is 0 Å². The van der Waals surface area contributed by atoms with Gasteiger partial charge in [-0.2, -0.15) is 13.2 Å². The zero-order chi connectivity index (χ0) is 20.0. The normalized spacial score (nSPS) is 12.3. The molecule has 0 aliphatic rings. The van der Waals surface area contributed by atoms with Crippen LogP contribution in [0.25, 0.3) is 0 Å². The van der Waals surface area contributed by atoms with Crippen LogP contribution in [0.15, 0.2) is 48.5 Å². The van der Waals surface area contributed by atoms with Crippen molar-refractivity contribution in [2.45, 2.75) is 25.4 Å². The number of hydrogen-bond acceptors (Lipinski definition) is 3. The Morgan fingerprint density at radius 3 is 2.41 bits per heavy atom. The molecule has 0 aliphatic heterocycles. The van der Waals surface area contributed by atoms with Crippen molar-refractivity contribution in [2.75, 3.05) is 11.9 Å². The average Bonchev–Trinajstić information content (AvgIpc) is 2.62. The van der Waals surface area contributed by atoms with E-state index in [0.29, 0.717) is 6.42 Å². The van der Waals surface area contributed by atoms with Gasteiger partial charge in [-0.3, -0.25) is 9.59 Å². The van der Waals surface area contributed by atoms with Crippen molar-refractivity contribution in [3.05, 3.63) is 64.7 Å². The monoisotopic (exact) mass is 399 g/mol. The zero-order valence-corrected chi connectivity index (χ0v) is 15.1. The summed E-state index contributed by atoms with van der Waals surface area (Å²) >= 11 is 5.82. The van der Waals surface area contributed by atoms with Gasteiger partial charge in [-0.25, -0.2) is 0 Å². The van der Waals surface area contributed by atoms with Gasteiger partial charge in [0, 0.05) is 0 Å². The van der Waals surface area contributed by atoms with Gasteiger partial charge in [0.1, 0.15) is 0 Å². The molecule has 1 atom stereocenters. The van der Waals surface area contributed by atoms with Crippen LogP contribution >= 0.6 is 11.6 Å². The van der Waals surface area contributed by atoms with Crippen molar-refractivity contribution in [2.24, 2.45) is 0 Å². The third-order valence-corrected chi connectivity index (χ3v) is 4.14. The summed E-state index contributed by atoms with van der Waals surface area (Å²) in [6.07, 6.45) is -4.09. The molecule has 0 heterocycles. The number of amides is 1. The molecule has 0 radical (unpaired) electrons. The van der Waals surface area contributed by atoms with Gasteiger partial charge in [-0.1, -0.05) is 48.9 Å². The molecular weight excluding hydrogens is 383 g/mol. The van der Waals surface area contributed by atoms with Crippen LogP contribution < -0.4 is 5.32 Å². The minimum Gasteiger partial charge on any atom is -0.455 e. The van der Waals surface area contributed by atoms with Gasteiger partial charge in [-0.15, -0.1) is 0 Å². The molecule has 1 N–H and O–H groups in total.